The predicted molar refractivity (Wildman–Crippen MR) is 70.0 cm³/mol. The molecule has 1 aliphatic rings. The highest BCUT2D eigenvalue weighted by Crippen LogP contribution is 2.08. The normalized spacial score (nSPS) is 24.2. The largest absolute Gasteiger partial charge is 0.318 e. The van der Waals surface area contributed by atoms with Crippen LogP contribution in [0.15, 0.2) is 0 Å². The molecule has 0 aromatic carbocycles. The van der Waals surface area contributed by atoms with Crippen molar-refractivity contribution in [2.24, 2.45) is 0 Å². The van der Waals surface area contributed by atoms with Crippen molar-refractivity contribution in [1.82, 2.24) is 20.0 Å². The smallest absolute Gasteiger partial charge is 0.0348 e. The van der Waals surface area contributed by atoms with Crippen LogP contribution in [0.3, 0.4) is 0 Å². The summed E-state index contributed by atoms with van der Waals surface area (Å²) in [6.07, 6.45) is 1.27. The molecular formula is C12H28N4. The molecule has 0 saturated carbocycles. The Hall–Kier alpha value is -0.160. The van der Waals surface area contributed by atoms with Crippen molar-refractivity contribution in [1.29, 1.82) is 0 Å². The quantitative estimate of drug-likeness (QED) is 0.678. The molecule has 1 atom stereocenters. The van der Waals surface area contributed by atoms with E-state index in [-0.39, 0.29) is 0 Å². The van der Waals surface area contributed by atoms with Gasteiger partial charge in [-0.2, -0.15) is 0 Å². The maximum absolute atomic E-state index is 3.31. The van der Waals surface area contributed by atoms with Gasteiger partial charge >= 0.3 is 0 Å². The number of hydrogen-bond acceptors (Lipinski definition) is 4. The van der Waals surface area contributed by atoms with Crippen molar-refractivity contribution in [3.63, 3.8) is 0 Å². The molecule has 1 rings (SSSR count). The zero-order valence-electron chi connectivity index (χ0n) is 11.4. The standard InChI is InChI=1S/C12H28N4/c1-13-10-12-11-15(4)8-9-16(12)7-5-6-14(2)3/h12-13H,5-11H2,1-4H3. The van der Waals surface area contributed by atoms with Crippen molar-refractivity contribution in [3.05, 3.63) is 0 Å². The van der Waals surface area contributed by atoms with Gasteiger partial charge in [0.1, 0.15) is 0 Å². The molecule has 1 unspecified atom stereocenters. The maximum atomic E-state index is 3.31. The SMILES string of the molecule is CNCC1CN(C)CCN1CCCN(C)C. The molecule has 1 saturated heterocycles. The van der Waals surface area contributed by atoms with Crippen LogP contribution in [0.1, 0.15) is 6.42 Å². The average molecular weight is 228 g/mol. The summed E-state index contributed by atoms with van der Waals surface area (Å²) in [5, 5.41) is 3.31. The number of nitrogens with zero attached hydrogens (tertiary/aromatic N) is 3. The second-order valence-electron chi connectivity index (χ2n) is 5.17. The minimum atomic E-state index is 0.686. The van der Waals surface area contributed by atoms with Crippen LogP contribution in [-0.2, 0) is 0 Å². The number of nitrogens with one attached hydrogen (secondary N) is 1. The van der Waals surface area contributed by atoms with Gasteiger partial charge in [-0.25, -0.2) is 0 Å². The first-order chi connectivity index (χ1) is 7.63. The zero-order chi connectivity index (χ0) is 12.0. The molecule has 0 amide bonds. The van der Waals surface area contributed by atoms with E-state index in [4.69, 9.17) is 0 Å². The van der Waals surface area contributed by atoms with Gasteiger partial charge in [0.15, 0.2) is 0 Å². The number of hydrogen-bond donors (Lipinski definition) is 1. The van der Waals surface area contributed by atoms with Crippen molar-refractivity contribution in [2.45, 2.75) is 12.5 Å². The van der Waals surface area contributed by atoms with E-state index in [1.807, 2.05) is 7.05 Å². The summed E-state index contributed by atoms with van der Waals surface area (Å²) in [6, 6.07) is 0.686. The third kappa shape index (κ3) is 4.78. The van der Waals surface area contributed by atoms with E-state index in [1.165, 1.54) is 39.1 Å². The van der Waals surface area contributed by atoms with E-state index in [0.717, 1.165) is 6.54 Å². The molecular weight excluding hydrogens is 200 g/mol. The van der Waals surface area contributed by atoms with Crippen molar-refractivity contribution in [3.8, 4) is 0 Å². The first-order valence-corrected chi connectivity index (χ1v) is 6.35. The van der Waals surface area contributed by atoms with Crippen LogP contribution in [0.2, 0.25) is 0 Å². The highest BCUT2D eigenvalue weighted by molar-refractivity contribution is 4.82. The van der Waals surface area contributed by atoms with Crippen molar-refractivity contribution >= 4 is 0 Å². The van der Waals surface area contributed by atoms with E-state index in [2.05, 4.69) is 41.2 Å². The molecule has 0 aromatic rings. The van der Waals surface area contributed by atoms with Crippen LogP contribution in [0.5, 0.6) is 0 Å². The first-order valence-electron chi connectivity index (χ1n) is 6.35. The fourth-order valence-corrected chi connectivity index (χ4v) is 2.36. The fraction of sp³-hybridized carbons (Fsp3) is 1.00. The van der Waals surface area contributed by atoms with Crippen LogP contribution in [0, 0.1) is 0 Å². The van der Waals surface area contributed by atoms with Crippen LogP contribution < -0.4 is 5.32 Å². The van der Waals surface area contributed by atoms with Crippen molar-refractivity contribution < 1.29 is 0 Å². The Balaban J connectivity index is 2.30. The summed E-state index contributed by atoms with van der Waals surface area (Å²) in [5.74, 6) is 0. The molecule has 96 valence electrons. The second-order valence-corrected chi connectivity index (χ2v) is 5.17. The maximum Gasteiger partial charge on any atom is 0.0348 e. The fourth-order valence-electron chi connectivity index (χ4n) is 2.36. The van der Waals surface area contributed by atoms with Crippen LogP contribution in [-0.4, -0.2) is 88.2 Å². The second kappa shape index (κ2) is 7.22. The van der Waals surface area contributed by atoms with Crippen LogP contribution in [0.4, 0.5) is 0 Å². The Kier molecular flexibility index (Phi) is 6.28. The number of piperazine rings is 1. The molecule has 16 heavy (non-hydrogen) atoms. The Bertz CT molecular complexity index is 184. The van der Waals surface area contributed by atoms with E-state index < -0.39 is 0 Å². The highest BCUT2D eigenvalue weighted by atomic mass is 15.3. The lowest BCUT2D eigenvalue weighted by molar-refractivity contribution is 0.0874. The summed E-state index contributed by atoms with van der Waals surface area (Å²) in [5.41, 5.74) is 0. The molecule has 0 aliphatic carbocycles. The van der Waals surface area contributed by atoms with Crippen molar-refractivity contribution in [2.75, 3.05) is 67.5 Å². The monoisotopic (exact) mass is 228 g/mol. The number of likely N-dealkylation sites (N-methyl/N-ethyl adjacent to an activating group) is 2. The lowest BCUT2D eigenvalue weighted by atomic mass is 10.1. The zero-order valence-corrected chi connectivity index (χ0v) is 11.4. The molecule has 1 N–H and O–H groups in total. The molecule has 1 fully saturated rings. The van der Waals surface area contributed by atoms with Crippen LogP contribution in [0.25, 0.3) is 0 Å². The van der Waals surface area contributed by atoms with Crippen LogP contribution >= 0.6 is 0 Å². The van der Waals surface area contributed by atoms with Gasteiger partial charge in [0.2, 0.25) is 0 Å². The summed E-state index contributed by atoms with van der Waals surface area (Å²) in [7, 11) is 8.57. The first kappa shape index (κ1) is 13.9. The van der Waals surface area contributed by atoms with Gasteiger partial charge in [0.05, 0.1) is 0 Å². The average Bonchev–Trinajstić information content (AvgIpc) is 2.21. The molecule has 0 bridgehead atoms. The Morgan fingerprint density at radius 3 is 2.69 bits per heavy atom. The van der Waals surface area contributed by atoms with E-state index >= 15 is 0 Å². The Morgan fingerprint density at radius 2 is 2.06 bits per heavy atom. The van der Waals surface area contributed by atoms with E-state index in [0.29, 0.717) is 6.04 Å². The molecule has 4 nitrogen and oxygen atoms in total. The van der Waals surface area contributed by atoms with Gasteiger partial charge in [-0.1, -0.05) is 0 Å². The molecule has 0 spiro atoms. The third-order valence-corrected chi connectivity index (χ3v) is 3.30. The van der Waals surface area contributed by atoms with E-state index in [1.54, 1.807) is 0 Å². The minimum Gasteiger partial charge on any atom is -0.318 e. The van der Waals surface area contributed by atoms with Gasteiger partial charge in [0.25, 0.3) is 0 Å². The Labute approximate surface area is 101 Å². The number of rotatable bonds is 6. The van der Waals surface area contributed by atoms with Gasteiger partial charge in [0, 0.05) is 32.2 Å². The molecule has 1 heterocycles. The summed E-state index contributed by atoms with van der Waals surface area (Å²) >= 11 is 0. The topological polar surface area (TPSA) is 21.8 Å². The van der Waals surface area contributed by atoms with Gasteiger partial charge in [-0.15, -0.1) is 0 Å². The van der Waals surface area contributed by atoms with Gasteiger partial charge < -0.3 is 15.1 Å². The van der Waals surface area contributed by atoms with Gasteiger partial charge in [-0.05, 0) is 47.7 Å². The third-order valence-electron chi connectivity index (χ3n) is 3.30. The lowest BCUT2D eigenvalue weighted by Gasteiger charge is -2.40. The Morgan fingerprint density at radius 1 is 1.31 bits per heavy atom. The lowest BCUT2D eigenvalue weighted by Crippen LogP contribution is -2.55. The summed E-state index contributed by atoms with van der Waals surface area (Å²) in [6.45, 7) is 7.16. The predicted octanol–water partition coefficient (Wildman–Crippen LogP) is -0.226. The molecule has 0 radical (unpaired) electrons. The summed E-state index contributed by atoms with van der Waals surface area (Å²) in [4.78, 5) is 7.34. The highest BCUT2D eigenvalue weighted by Gasteiger charge is 2.23. The molecule has 1 aliphatic heterocycles. The summed E-state index contributed by atoms with van der Waals surface area (Å²) < 4.78 is 0. The van der Waals surface area contributed by atoms with Gasteiger partial charge in [-0.3, -0.25) is 4.90 Å². The van der Waals surface area contributed by atoms with E-state index in [9.17, 15) is 0 Å². The molecule has 4 heteroatoms. The minimum absolute atomic E-state index is 0.686. The molecule has 0 aromatic heterocycles.